The van der Waals surface area contributed by atoms with Gasteiger partial charge < -0.3 is 10.6 Å². The highest BCUT2D eigenvalue weighted by atomic mass is 15.3. The van der Waals surface area contributed by atoms with Gasteiger partial charge in [-0.3, -0.25) is 4.68 Å². The van der Waals surface area contributed by atoms with Crippen LogP contribution in [0.5, 0.6) is 0 Å². The van der Waals surface area contributed by atoms with Crippen LogP contribution in [0.25, 0.3) is 0 Å². The average molecular weight is 224 g/mol. The first-order valence-electron chi connectivity index (χ1n) is 6.18. The maximum absolute atomic E-state index is 4.15. The Labute approximate surface area is 98.4 Å². The molecule has 0 bridgehead atoms. The van der Waals surface area contributed by atoms with Crippen molar-refractivity contribution >= 4 is 0 Å². The van der Waals surface area contributed by atoms with E-state index in [9.17, 15) is 0 Å². The second-order valence-electron chi connectivity index (χ2n) is 4.47. The summed E-state index contributed by atoms with van der Waals surface area (Å²) in [6.07, 6.45) is 4.99. The summed E-state index contributed by atoms with van der Waals surface area (Å²) in [6.45, 7) is 9.70. The zero-order chi connectivity index (χ0) is 11.6. The van der Waals surface area contributed by atoms with E-state index in [0.717, 1.165) is 38.6 Å². The number of nitrogens with one attached hydrogen (secondary N) is 2. The maximum Gasteiger partial charge on any atom is 0.0533 e. The van der Waals surface area contributed by atoms with Crippen LogP contribution >= 0.6 is 0 Å². The van der Waals surface area contributed by atoms with Crippen LogP contribution < -0.4 is 10.6 Å². The summed E-state index contributed by atoms with van der Waals surface area (Å²) in [5.74, 6) is 0.743. The van der Waals surface area contributed by atoms with E-state index in [0.29, 0.717) is 0 Å². The number of nitrogens with zero attached hydrogens (tertiary/aromatic N) is 2. The van der Waals surface area contributed by atoms with Gasteiger partial charge in [-0.05, 0) is 38.0 Å². The first kappa shape index (κ1) is 13.2. The van der Waals surface area contributed by atoms with Gasteiger partial charge in [0.1, 0.15) is 0 Å². The highest BCUT2D eigenvalue weighted by Gasteiger charge is 1.93. The average Bonchev–Trinajstić information content (AvgIpc) is 2.74. The van der Waals surface area contributed by atoms with Crippen molar-refractivity contribution in [3.8, 4) is 0 Å². The van der Waals surface area contributed by atoms with E-state index in [4.69, 9.17) is 0 Å². The Morgan fingerprint density at radius 2 is 2.00 bits per heavy atom. The van der Waals surface area contributed by atoms with Crippen LogP contribution in [0.4, 0.5) is 0 Å². The second-order valence-corrected chi connectivity index (χ2v) is 4.47. The SMILES string of the molecule is CC(C)CNCCCNCCn1cccn1. The molecule has 1 heterocycles. The third-order valence-corrected chi connectivity index (χ3v) is 2.34. The summed E-state index contributed by atoms with van der Waals surface area (Å²) in [4.78, 5) is 0. The Morgan fingerprint density at radius 1 is 1.19 bits per heavy atom. The van der Waals surface area contributed by atoms with Crippen LogP contribution in [0, 0.1) is 5.92 Å². The summed E-state index contributed by atoms with van der Waals surface area (Å²) in [7, 11) is 0. The van der Waals surface area contributed by atoms with Crippen LogP contribution in [0.1, 0.15) is 20.3 Å². The zero-order valence-corrected chi connectivity index (χ0v) is 10.4. The predicted octanol–water partition coefficient (Wildman–Crippen LogP) is 1.11. The van der Waals surface area contributed by atoms with Gasteiger partial charge in [0.2, 0.25) is 0 Å². The van der Waals surface area contributed by atoms with E-state index in [-0.39, 0.29) is 0 Å². The molecule has 0 aromatic carbocycles. The Morgan fingerprint density at radius 3 is 2.69 bits per heavy atom. The fourth-order valence-electron chi connectivity index (χ4n) is 1.48. The van der Waals surface area contributed by atoms with E-state index in [1.165, 1.54) is 6.42 Å². The molecule has 2 N–H and O–H groups in total. The van der Waals surface area contributed by atoms with Gasteiger partial charge >= 0.3 is 0 Å². The zero-order valence-electron chi connectivity index (χ0n) is 10.4. The molecule has 4 nitrogen and oxygen atoms in total. The fourth-order valence-corrected chi connectivity index (χ4v) is 1.48. The molecule has 0 aliphatic heterocycles. The van der Waals surface area contributed by atoms with Crippen LogP contribution in [0.3, 0.4) is 0 Å². The fraction of sp³-hybridized carbons (Fsp3) is 0.750. The van der Waals surface area contributed by atoms with E-state index in [2.05, 4.69) is 29.6 Å². The predicted molar refractivity (Wildman–Crippen MR) is 67.4 cm³/mol. The summed E-state index contributed by atoms with van der Waals surface area (Å²) in [5, 5.41) is 11.0. The highest BCUT2D eigenvalue weighted by molar-refractivity contribution is 4.77. The minimum Gasteiger partial charge on any atom is -0.316 e. The lowest BCUT2D eigenvalue weighted by atomic mass is 10.2. The van der Waals surface area contributed by atoms with E-state index >= 15 is 0 Å². The summed E-state index contributed by atoms with van der Waals surface area (Å²) in [6, 6.07) is 1.95. The lowest BCUT2D eigenvalue weighted by Gasteiger charge is -2.08. The van der Waals surface area contributed by atoms with E-state index in [1.54, 1.807) is 0 Å². The first-order valence-corrected chi connectivity index (χ1v) is 6.18. The molecule has 0 atom stereocenters. The van der Waals surface area contributed by atoms with Crippen molar-refractivity contribution < 1.29 is 0 Å². The molecule has 0 saturated heterocycles. The van der Waals surface area contributed by atoms with Gasteiger partial charge in [-0.15, -0.1) is 0 Å². The molecule has 0 fully saturated rings. The largest absolute Gasteiger partial charge is 0.316 e. The lowest BCUT2D eigenvalue weighted by Crippen LogP contribution is -2.26. The van der Waals surface area contributed by atoms with Crippen molar-refractivity contribution in [1.29, 1.82) is 0 Å². The molecule has 0 amide bonds. The van der Waals surface area contributed by atoms with E-state index < -0.39 is 0 Å². The molecular formula is C12H24N4. The number of aromatic nitrogens is 2. The van der Waals surface area contributed by atoms with Gasteiger partial charge in [-0.1, -0.05) is 13.8 Å². The second kappa shape index (κ2) is 8.30. The van der Waals surface area contributed by atoms with Gasteiger partial charge in [0, 0.05) is 18.9 Å². The quantitative estimate of drug-likeness (QED) is 0.617. The number of hydrogen-bond donors (Lipinski definition) is 2. The summed E-state index contributed by atoms with van der Waals surface area (Å²) in [5.41, 5.74) is 0. The lowest BCUT2D eigenvalue weighted by molar-refractivity contribution is 0.514. The molecule has 0 aliphatic rings. The monoisotopic (exact) mass is 224 g/mol. The number of rotatable bonds is 9. The molecule has 0 unspecified atom stereocenters. The van der Waals surface area contributed by atoms with Crippen LogP contribution in [0.15, 0.2) is 18.5 Å². The van der Waals surface area contributed by atoms with Crippen molar-refractivity contribution in [2.45, 2.75) is 26.8 Å². The Balaban J connectivity index is 1.82. The van der Waals surface area contributed by atoms with Crippen molar-refractivity contribution in [2.75, 3.05) is 26.2 Å². The minimum absolute atomic E-state index is 0.743. The molecule has 4 heteroatoms. The standard InChI is InChI=1S/C12H24N4/c1-12(2)11-14-6-3-5-13-8-10-16-9-4-7-15-16/h4,7,9,12-14H,3,5-6,8,10-11H2,1-2H3. The van der Waals surface area contributed by atoms with Crippen LogP contribution in [-0.2, 0) is 6.54 Å². The molecule has 1 rings (SSSR count). The van der Waals surface area contributed by atoms with Gasteiger partial charge in [0.05, 0.1) is 6.54 Å². The third-order valence-electron chi connectivity index (χ3n) is 2.34. The number of hydrogen-bond acceptors (Lipinski definition) is 3. The smallest absolute Gasteiger partial charge is 0.0533 e. The Kier molecular flexibility index (Phi) is 6.85. The molecule has 1 aromatic rings. The van der Waals surface area contributed by atoms with Gasteiger partial charge in [0.15, 0.2) is 0 Å². The molecule has 0 spiro atoms. The van der Waals surface area contributed by atoms with Crippen LogP contribution in [0.2, 0.25) is 0 Å². The van der Waals surface area contributed by atoms with Crippen molar-refractivity contribution in [3.05, 3.63) is 18.5 Å². The van der Waals surface area contributed by atoms with Crippen molar-refractivity contribution in [2.24, 2.45) is 5.92 Å². The first-order chi connectivity index (χ1) is 7.79. The third kappa shape index (κ3) is 6.58. The van der Waals surface area contributed by atoms with Crippen molar-refractivity contribution in [1.82, 2.24) is 20.4 Å². The van der Waals surface area contributed by atoms with E-state index in [1.807, 2.05) is 23.1 Å². The summed E-state index contributed by atoms with van der Waals surface area (Å²) >= 11 is 0. The minimum atomic E-state index is 0.743. The van der Waals surface area contributed by atoms with Crippen molar-refractivity contribution in [3.63, 3.8) is 0 Å². The van der Waals surface area contributed by atoms with Gasteiger partial charge in [0.25, 0.3) is 0 Å². The molecule has 0 radical (unpaired) electrons. The molecule has 92 valence electrons. The molecule has 1 aromatic heterocycles. The Hall–Kier alpha value is -0.870. The molecule has 16 heavy (non-hydrogen) atoms. The normalized spacial score (nSPS) is 11.2. The topological polar surface area (TPSA) is 41.9 Å². The van der Waals surface area contributed by atoms with Gasteiger partial charge in [-0.25, -0.2) is 0 Å². The Bertz CT molecular complexity index is 244. The van der Waals surface area contributed by atoms with Gasteiger partial charge in [-0.2, -0.15) is 5.10 Å². The highest BCUT2D eigenvalue weighted by Crippen LogP contribution is 1.87. The summed E-state index contributed by atoms with van der Waals surface area (Å²) < 4.78 is 1.95. The van der Waals surface area contributed by atoms with Crippen LogP contribution in [-0.4, -0.2) is 36.0 Å². The molecular weight excluding hydrogens is 200 g/mol. The molecule has 0 saturated carbocycles. The molecule has 0 aliphatic carbocycles. The maximum atomic E-state index is 4.15.